The average molecular weight is 321 g/mol. The van der Waals surface area contributed by atoms with E-state index in [4.69, 9.17) is 21.4 Å². The first-order valence-electron chi connectivity index (χ1n) is 6.78. The fourth-order valence-electron chi connectivity index (χ4n) is 2.16. The molecular weight excluding hydrogens is 304 g/mol. The Morgan fingerprint density at radius 1 is 1.27 bits per heavy atom. The van der Waals surface area contributed by atoms with Gasteiger partial charge in [0, 0.05) is 10.6 Å². The monoisotopic (exact) mass is 320 g/mol. The summed E-state index contributed by atoms with van der Waals surface area (Å²) in [4.78, 5) is 11.0. The zero-order chi connectivity index (χ0) is 16.3. The maximum Gasteiger partial charge on any atom is 0.337 e. The lowest BCUT2D eigenvalue weighted by Gasteiger charge is -2.16. The summed E-state index contributed by atoms with van der Waals surface area (Å²) in [6.45, 7) is 4.02. The number of hydrogen-bond donors (Lipinski definition) is 2. The number of carboxylic acid groups (broad SMARTS) is 1. The van der Waals surface area contributed by atoms with Crippen LogP contribution in [0.1, 0.15) is 28.4 Å². The van der Waals surface area contributed by atoms with Crippen molar-refractivity contribution in [1.29, 1.82) is 0 Å². The van der Waals surface area contributed by atoms with Gasteiger partial charge in [0.05, 0.1) is 0 Å². The van der Waals surface area contributed by atoms with E-state index >= 15 is 0 Å². The second-order valence-corrected chi connectivity index (χ2v) is 5.52. The van der Waals surface area contributed by atoms with Gasteiger partial charge in [-0.1, -0.05) is 35.9 Å². The van der Waals surface area contributed by atoms with Crippen molar-refractivity contribution in [2.45, 2.75) is 26.6 Å². The first kappa shape index (κ1) is 16.3. The number of halogens is 1. The summed E-state index contributed by atoms with van der Waals surface area (Å²) in [6, 6.07) is 10.8. The minimum Gasteiger partial charge on any atom is -0.489 e. The van der Waals surface area contributed by atoms with Crippen molar-refractivity contribution in [1.82, 2.24) is 0 Å². The number of aliphatic hydroxyl groups is 1. The van der Waals surface area contributed by atoms with Crippen molar-refractivity contribution >= 4 is 17.6 Å². The van der Waals surface area contributed by atoms with Crippen LogP contribution in [-0.4, -0.2) is 16.2 Å². The van der Waals surface area contributed by atoms with Gasteiger partial charge in [-0.15, -0.1) is 0 Å². The average Bonchev–Trinajstić information content (AvgIpc) is 2.47. The van der Waals surface area contributed by atoms with Gasteiger partial charge in [0.25, 0.3) is 0 Å². The zero-order valence-electron chi connectivity index (χ0n) is 12.3. The highest BCUT2D eigenvalue weighted by Crippen LogP contribution is 2.29. The van der Waals surface area contributed by atoms with Crippen molar-refractivity contribution < 1.29 is 19.7 Å². The molecule has 0 aromatic heterocycles. The first-order valence-corrected chi connectivity index (χ1v) is 7.16. The fraction of sp³-hybridized carbons (Fsp3) is 0.235. The zero-order valence-corrected chi connectivity index (χ0v) is 13.1. The molecule has 0 saturated heterocycles. The maximum absolute atomic E-state index is 11.0. The second kappa shape index (κ2) is 6.81. The highest BCUT2D eigenvalue weighted by molar-refractivity contribution is 6.31. The fourth-order valence-corrected chi connectivity index (χ4v) is 2.45. The molecule has 0 amide bonds. The number of benzene rings is 2. The molecule has 2 rings (SSSR count). The lowest BCUT2D eigenvalue weighted by atomic mass is 10.0. The van der Waals surface area contributed by atoms with Crippen LogP contribution in [0.25, 0.3) is 0 Å². The number of hydrogen-bond acceptors (Lipinski definition) is 3. The van der Waals surface area contributed by atoms with Crippen LogP contribution in [0, 0.1) is 13.8 Å². The molecule has 0 aliphatic carbocycles. The molecule has 2 aromatic carbocycles. The Bertz CT molecular complexity index is 697. The van der Waals surface area contributed by atoms with Gasteiger partial charge in [-0.2, -0.15) is 0 Å². The van der Waals surface area contributed by atoms with Gasteiger partial charge in [-0.3, -0.25) is 0 Å². The van der Waals surface area contributed by atoms with Crippen LogP contribution in [0.2, 0.25) is 5.02 Å². The summed E-state index contributed by atoms with van der Waals surface area (Å²) in [6.07, 6.45) is -1.68. The Hall–Kier alpha value is -2.04. The molecule has 0 saturated carbocycles. The van der Waals surface area contributed by atoms with Crippen LogP contribution >= 0.6 is 11.6 Å². The molecule has 2 N–H and O–H groups in total. The SMILES string of the molecule is Cc1ccc(C)c(OCc2cccc(Cl)c2C(O)C(=O)O)c1. The number of aryl methyl sites for hydroxylation is 2. The predicted molar refractivity (Wildman–Crippen MR) is 84.3 cm³/mol. The largest absolute Gasteiger partial charge is 0.489 e. The molecule has 5 heteroatoms. The summed E-state index contributed by atoms with van der Waals surface area (Å²) < 4.78 is 5.77. The van der Waals surface area contributed by atoms with E-state index in [0.717, 1.165) is 16.9 Å². The molecule has 4 nitrogen and oxygen atoms in total. The van der Waals surface area contributed by atoms with Gasteiger partial charge in [0.2, 0.25) is 0 Å². The third-order valence-electron chi connectivity index (χ3n) is 3.38. The van der Waals surface area contributed by atoms with E-state index in [1.807, 2.05) is 32.0 Å². The Morgan fingerprint density at radius 3 is 2.68 bits per heavy atom. The van der Waals surface area contributed by atoms with Crippen LogP contribution in [0.4, 0.5) is 0 Å². The van der Waals surface area contributed by atoms with Crippen LogP contribution in [0.5, 0.6) is 5.75 Å². The Balaban J connectivity index is 2.28. The van der Waals surface area contributed by atoms with Gasteiger partial charge >= 0.3 is 5.97 Å². The van der Waals surface area contributed by atoms with Crippen molar-refractivity contribution in [2.75, 3.05) is 0 Å². The molecule has 0 aliphatic heterocycles. The van der Waals surface area contributed by atoms with Crippen molar-refractivity contribution in [3.63, 3.8) is 0 Å². The Morgan fingerprint density at radius 2 is 2.00 bits per heavy atom. The van der Waals surface area contributed by atoms with Crippen LogP contribution in [0.15, 0.2) is 36.4 Å². The number of rotatable bonds is 5. The van der Waals surface area contributed by atoms with Crippen LogP contribution in [0.3, 0.4) is 0 Å². The van der Waals surface area contributed by atoms with Crippen LogP contribution < -0.4 is 4.74 Å². The van der Waals surface area contributed by atoms with Crippen molar-refractivity contribution in [3.8, 4) is 5.75 Å². The number of carboxylic acids is 1. The molecule has 116 valence electrons. The normalized spacial score (nSPS) is 12.0. The minimum atomic E-state index is -1.68. The smallest absolute Gasteiger partial charge is 0.337 e. The third kappa shape index (κ3) is 3.59. The molecule has 0 radical (unpaired) electrons. The molecule has 0 fully saturated rings. The van der Waals surface area contributed by atoms with Gasteiger partial charge < -0.3 is 14.9 Å². The number of carbonyl (C=O) groups is 1. The third-order valence-corrected chi connectivity index (χ3v) is 3.71. The van der Waals surface area contributed by atoms with E-state index in [1.165, 1.54) is 0 Å². The quantitative estimate of drug-likeness (QED) is 0.882. The maximum atomic E-state index is 11.0. The van der Waals surface area contributed by atoms with Crippen molar-refractivity contribution in [2.24, 2.45) is 0 Å². The highest BCUT2D eigenvalue weighted by Gasteiger charge is 2.22. The number of aliphatic hydroxyl groups excluding tert-OH is 1. The van der Waals surface area contributed by atoms with E-state index in [9.17, 15) is 9.90 Å². The van der Waals surface area contributed by atoms with Gasteiger partial charge in [-0.05, 0) is 42.7 Å². The molecule has 1 atom stereocenters. The van der Waals surface area contributed by atoms with Gasteiger partial charge in [0.15, 0.2) is 6.10 Å². The van der Waals surface area contributed by atoms with E-state index in [1.54, 1.807) is 18.2 Å². The summed E-state index contributed by atoms with van der Waals surface area (Å²) in [5.41, 5.74) is 2.76. The Kier molecular flexibility index (Phi) is 5.06. The molecule has 22 heavy (non-hydrogen) atoms. The molecule has 0 bridgehead atoms. The lowest BCUT2D eigenvalue weighted by molar-refractivity contribution is -0.147. The topological polar surface area (TPSA) is 66.8 Å². The summed E-state index contributed by atoms with van der Waals surface area (Å²) in [7, 11) is 0. The summed E-state index contributed by atoms with van der Waals surface area (Å²) in [5, 5.41) is 19.0. The summed E-state index contributed by atoms with van der Waals surface area (Å²) in [5.74, 6) is -0.628. The number of aliphatic carboxylic acids is 1. The Labute approximate surface area is 133 Å². The van der Waals surface area contributed by atoms with Gasteiger partial charge in [-0.25, -0.2) is 4.79 Å². The van der Waals surface area contributed by atoms with Crippen molar-refractivity contribution in [3.05, 3.63) is 63.7 Å². The molecule has 1 unspecified atom stereocenters. The molecular formula is C17H17ClO4. The second-order valence-electron chi connectivity index (χ2n) is 5.11. The molecule has 0 spiro atoms. The minimum absolute atomic E-state index is 0.129. The predicted octanol–water partition coefficient (Wildman–Crippen LogP) is 3.65. The standard InChI is InChI=1S/C17H17ClO4/c1-10-6-7-11(2)14(8-10)22-9-12-4-3-5-13(18)15(12)16(19)17(20)21/h3-8,16,19H,9H2,1-2H3,(H,20,21). The van der Waals surface area contributed by atoms with Gasteiger partial charge in [0.1, 0.15) is 12.4 Å². The highest BCUT2D eigenvalue weighted by atomic mass is 35.5. The van der Waals surface area contributed by atoms with Crippen LogP contribution in [-0.2, 0) is 11.4 Å². The van der Waals surface area contributed by atoms with E-state index in [-0.39, 0.29) is 17.2 Å². The van der Waals surface area contributed by atoms with E-state index in [0.29, 0.717) is 5.56 Å². The molecule has 0 heterocycles. The molecule has 0 aliphatic rings. The first-order chi connectivity index (χ1) is 10.4. The van der Waals surface area contributed by atoms with E-state index in [2.05, 4.69) is 0 Å². The number of ether oxygens (including phenoxy) is 1. The lowest BCUT2D eigenvalue weighted by Crippen LogP contribution is -2.14. The van der Waals surface area contributed by atoms with E-state index < -0.39 is 12.1 Å². The summed E-state index contributed by atoms with van der Waals surface area (Å²) >= 11 is 6.03. The molecule has 2 aromatic rings.